The Hall–Kier alpha value is -4.32. The summed E-state index contributed by atoms with van der Waals surface area (Å²) in [4.78, 5) is 31.5. The number of methoxy groups -OCH3 is 1. The van der Waals surface area contributed by atoms with Gasteiger partial charge in [-0.1, -0.05) is 68.4 Å². The van der Waals surface area contributed by atoms with Crippen molar-refractivity contribution < 1.29 is 19.4 Å². The summed E-state index contributed by atoms with van der Waals surface area (Å²) in [5.74, 6) is -0.325. The molecule has 0 spiro atoms. The number of ketones is 1. The van der Waals surface area contributed by atoms with E-state index >= 15 is 0 Å². The van der Waals surface area contributed by atoms with Crippen molar-refractivity contribution in [1.82, 2.24) is 9.88 Å². The number of carbonyl (C=O) groups is 2. The van der Waals surface area contributed by atoms with E-state index in [1.165, 1.54) is 0 Å². The van der Waals surface area contributed by atoms with Crippen molar-refractivity contribution in [2.45, 2.75) is 32.2 Å². The van der Waals surface area contributed by atoms with Crippen molar-refractivity contribution in [2.24, 2.45) is 0 Å². The number of aromatic nitrogens is 1. The van der Waals surface area contributed by atoms with E-state index in [2.05, 4.69) is 18.8 Å². The van der Waals surface area contributed by atoms with Crippen LogP contribution in [-0.4, -0.2) is 40.3 Å². The number of nitrogens with one attached hydrogen (secondary N) is 1. The molecule has 4 aromatic rings. The summed E-state index contributed by atoms with van der Waals surface area (Å²) in [5, 5.41) is 12.2. The quantitative estimate of drug-likeness (QED) is 0.189. The van der Waals surface area contributed by atoms with Gasteiger partial charge in [0.05, 0.1) is 18.7 Å². The van der Waals surface area contributed by atoms with Gasteiger partial charge in [-0.05, 0) is 47.2 Å². The number of hydrogen-bond acceptors (Lipinski definition) is 4. The van der Waals surface area contributed by atoms with Crippen LogP contribution in [0.25, 0.3) is 16.7 Å². The lowest BCUT2D eigenvalue weighted by molar-refractivity contribution is -0.139. The second-order valence-electron chi connectivity index (χ2n) is 9.66. The van der Waals surface area contributed by atoms with Gasteiger partial charge in [-0.15, -0.1) is 0 Å². The molecule has 6 heteroatoms. The number of fused-ring (bicyclic) bond motifs is 1. The Kier molecular flexibility index (Phi) is 6.57. The minimum absolute atomic E-state index is 0.120. The number of benzene rings is 3. The van der Waals surface area contributed by atoms with E-state index in [0.29, 0.717) is 24.4 Å². The third-order valence-electron chi connectivity index (χ3n) is 7.10. The number of likely N-dealkylation sites (tertiary alicyclic amines) is 1. The van der Waals surface area contributed by atoms with Crippen LogP contribution in [-0.2, 0) is 16.0 Å². The van der Waals surface area contributed by atoms with Crippen LogP contribution < -0.4 is 4.74 Å². The van der Waals surface area contributed by atoms with E-state index in [-0.39, 0.29) is 11.3 Å². The molecule has 2 heterocycles. The summed E-state index contributed by atoms with van der Waals surface area (Å²) in [7, 11) is 1.63. The molecule has 1 aliphatic rings. The summed E-state index contributed by atoms with van der Waals surface area (Å²) < 4.78 is 5.38. The number of aliphatic hydroxyl groups excluding tert-OH is 1. The number of ether oxygens (including phenoxy) is 1. The number of aliphatic hydroxyl groups is 1. The van der Waals surface area contributed by atoms with Crippen molar-refractivity contribution in [3.8, 4) is 5.75 Å². The highest BCUT2D eigenvalue weighted by atomic mass is 16.5. The van der Waals surface area contributed by atoms with Crippen LogP contribution in [0.1, 0.15) is 48.1 Å². The molecule has 0 unspecified atom stereocenters. The van der Waals surface area contributed by atoms with Crippen LogP contribution in [0.2, 0.25) is 0 Å². The Bertz CT molecular complexity index is 1480. The van der Waals surface area contributed by atoms with Gasteiger partial charge in [-0.25, -0.2) is 0 Å². The minimum atomic E-state index is -0.679. The summed E-state index contributed by atoms with van der Waals surface area (Å²) in [6.45, 7) is 4.55. The van der Waals surface area contributed by atoms with Crippen LogP contribution >= 0.6 is 0 Å². The summed E-state index contributed by atoms with van der Waals surface area (Å²) in [6.07, 6.45) is 2.46. The van der Waals surface area contributed by atoms with Crippen molar-refractivity contribution in [2.75, 3.05) is 13.7 Å². The first-order chi connectivity index (χ1) is 17.9. The molecule has 1 saturated heterocycles. The first kappa shape index (κ1) is 24.4. The van der Waals surface area contributed by atoms with E-state index in [9.17, 15) is 14.7 Å². The number of Topliss-reactive ketones (excluding diaryl/α,β-unsaturated/α-hetero) is 1. The van der Waals surface area contributed by atoms with Gasteiger partial charge in [0, 0.05) is 29.2 Å². The van der Waals surface area contributed by atoms with E-state index in [4.69, 9.17) is 4.74 Å². The maximum absolute atomic E-state index is 13.3. The van der Waals surface area contributed by atoms with Crippen LogP contribution in [0.4, 0.5) is 0 Å². The average Bonchev–Trinajstić information content (AvgIpc) is 3.44. The van der Waals surface area contributed by atoms with Crippen LogP contribution in [0.3, 0.4) is 0 Å². The van der Waals surface area contributed by atoms with Crippen molar-refractivity contribution in [3.05, 3.63) is 107 Å². The summed E-state index contributed by atoms with van der Waals surface area (Å²) in [6, 6.07) is 22.0. The first-order valence-electron chi connectivity index (χ1n) is 12.5. The Morgan fingerprint density at radius 2 is 1.76 bits per heavy atom. The van der Waals surface area contributed by atoms with Crippen LogP contribution in [0.15, 0.2) is 84.6 Å². The zero-order chi connectivity index (χ0) is 26.1. The molecular formula is C31H30N2O4. The molecule has 2 N–H and O–H groups in total. The maximum Gasteiger partial charge on any atom is 0.295 e. The third kappa shape index (κ3) is 4.51. The highest BCUT2D eigenvalue weighted by Crippen LogP contribution is 2.40. The molecule has 1 aliphatic heterocycles. The molecular weight excluding hydrogens is 464 g/mol. The maximum atomic E-state index is 13.3. The lowest BCUT2D eigenvalue weighted by atomic mass is 9.93. The highest BCUT2D eigenvalue weighted by molar-refractivity contribution is 6.46. The molecule has 1 amide bonds. The summed E-state index contributed by atoms with van der Waals surface area (Å²) in [5.41, 5.74) is 4.58. The molecule has 37 heavy (non-hydrogen) atoms. The zero-order valence-electron chi connectivity index (χ0n) is 21.2. The highest BCUT2D eigenvalue weighted by Gasteiger charge is 2.45. The van der Waals surface area contributed by atoms with E-state index in [1.807, 2.05) is 54.7 Å². The Labute approximate surface area is 216 Å². The number of nitrogens with zero attached hydrogens (tertiary/aromatic N) is 1. The fourth-order valence-corrected chi connectivity index (χ4v) is 5.00. The Balaban J connectivity index is 1.55. The molecule has 0 bridgehead atoms. The number of rotatable bonds is 7. The molecule has 3 aromatic carbocycles. The second kappa shape index (κ2) is 9.97. The standard InChI is InChI=1S/C31H30N2O4/c1-19(2)20-9-11-21(12-10-20)28-27(29(34)22-7-5-4-6-8-22)30(35)31(36)33(28)16-15-23-18-32-26-14-13-24(37-3)17-25(23)26/h4-14,17-19,28,32,34H,15-16H2,1-3H3/t28-/m1/s1. The van der Waals surface area contributed by atoms with Gasteiger partial charge in [-0.3, -0.25) is 9.59 Å². The molecule has 0 saturated carbocycles. The number of aromatic amines is 1. The molecule has 5 rings (SSSR count). The second-order valence-corrected chi connectivity index (χ2v) is 9.66. The average molecular weight is 495 g/mol. The lowest BCUT2D eigenvalue weighted by Gasteiger charge is -2.25. The van der Waals surface area contributed by atoms with Gasteiger partial charge in [0.1, 0.15) is 11.5 Å². The topological polar surface area (TPSA) is 82.6 Å². The molecule has 6 nitrogen and oxygen atoms in total. The zero-order valence-corrected chi connectivity index (χ0v) is 21.2. The predicted octanol–water partition coefficient (Wildman–Crippen LogP) is 5.96. The van der Waals surface area contributed by atoms with E-state index in [0.717, 1.165) is 33.3 Å². The number of carbonyl (C=O) groups excluding carboxylic acids is 2. The molecule has 1 aromatic heterocycles. The molecule has 188 valence electrons. The smallest absolute Gasteiger partial charge is 0.295 e. The largest absolute Gasteiger partial charge is 0.507 e. The van der Waals surface area contributed by atoms with Gasteiger partial charge in [0.25, 0.3) is 11.7 Å². The van der Waals surface area contributed by atoms with Crippen LogP contribution in [0, 0.1) is 0 Å². The first-order valence-corrected chi connectivity index (χ1v) is 12.5. The SMILES string of the molecule is COc1ccc2[nH]cc(CCN3C(=O)C(=O)C(=C(O)c4ccccc4)[C@H]3c3ccc(C(C)C)cc3)c2c1. The monoisotopic (exact) mass is 494 g/mol. The van der Waals surface area contributed by atoms with Crippen molar-refractivity contribution in [1.29, 1.82) is 0 Å². The van der Waals surface area contributed by atoms with E-state index in [1.54, 1.807) is 36.3 Å². The Morgan fingerprint density at radius 3 is 2.43 bits per heavy atom. The fourth-order valence-electron chi connectivity index (χ4n) is 5.00. The third-order valence-corrected chi connectivity index (χ3v) is 7.10. The number of amides is 1. The van der Waals surface area contributed by atoms with Gasteiger partial charge >= 0.3 is 0 Å². The van der Waals surface area contributed by atoms with Gasteiger partial charge in [0.15, 0.2) is 0 Å². The normalized spacial score (nSPS) is 17.2. The molecule has 1 atom stereocenters. The predicted molar refractivity (Wildman–Crippen MR) is 145 cm³/mol. The van der Waals surface area contributed by atoms with Gasteiger partial charge in [-0.2, -0.15) is 0 Å². The number of H-pyrrole nitrogens is 1. The summed E-state index contributed by atoms with van der Waals surface area (Å²) >= 11 is 0. The minimum Gasteiger partial charge on any atom is -0.507 e. The molecule has 0 radical (unpaired) electrons. The van der Waals surface area contributed by atoms with Crippen LogP contribution in [0.5, 0.6) is 5.75 Å². The van der Waals surface area contributed by atoms with E-state index < -0.39 is 17.7 Å². The van der Waals surface area contributed by atoms with Crippen molar-refractivity contribution >= 4 is 28.4 Å². The van der Waals surface area contributed by atoms with Gasteiger partial charge in [0.2, 0.25) is 0 Å². The fraction of sp³-hybridized carbons (Fsp3) is 0.226. The van der Waals surface area contributed by atoms with Crippen molar-refractivity contribution in [3.63, 3.8) is 0 Å². The Morgan fingerprint density at radius 1 is 1.03 bits per heavy atom. The van der Waals surface area contributed by atoms with Gasteiger partial charge < -0.3 is 19.7 Å². The molecule has 1 fully saturated rings. The molecule has 0 aliphatic carbocycles. The number of hydrogen-bond donors (Lipinski definition) is 2. The lowest BCUT2D eigenvalue weighted by Crippen LogP contribution is -2.31.